The lowest BCUT2D eigenvalue weighted by Gasteiger charge is -1.69. The summed E-state index contributed by atoms with van der Waals surface area (Å²) in [6.07, 6.45) is 1.02. The normalized spacial score (nSPS) is 7.80. The van der Waals surface area contributed by atoms with E-state index in [2.05, 4.69) is 10.8 Å². The van der Waals surface area contributed by atoms with Gasteiger partial charge in [-0.2, -0.15) is 9.49 Å². The molecule has 0 aromatic carbocycles. The Morgan fingerprint density at radius 1 is 1.70 bits per heavy atom. The first-order valence-corrected chi connectivity index (χ1v) is 2.22. The summed E-state index contributed by atoms with van der Waals surface area (Å²) >= 11 is 0. The first-order chi connectivity index (χ1) is 4.72. The molecule has 0 aliphatic heterocycles. The van der Waals surface area contributed by atoms with Crippen LogP contribution in [-0.4, -0.2) is 16.6 Å². The molecule has 1 rings (SSSR count). The van der Waals surface area contributed by atoms with Crippen molar-refractivity contribution in [3.8, 4) is 0 Å². The van der Waals surface area contributed by atoms with Crippen molar-refractivity contribution in [3.63, 3.8) is 0 Å². The summed E-state index contributed by atoms with van der Waals surface area (Å²) in [7, 11) is 0. The summed E-state index contributed by atoms with van der Waals surface area (Å²) in [5.41, 5.74) is 4.17. The highest BCUT2D eigenvalue weighted by Crippen LogP contribution is 1.95. The van der Waals surface area contributed by atoms with Gasteiger partial charge in [0.25, 0.3) is 0 Å². The lowest BCUT2D eigenvalue weighted by Crippen LogP contribution is -1.82. The number of rotatable bonds is 0. The maximum absolute atomic E-state index is 11.6. The average molecular weight is 149 g/mol. The number of nitrogens with one attached hydrogen (secondary N) is 1. The minimum atomic E-state index is -1.01. The number of carbonyl (C=O) groups excluding carboxylic acids is 1. The molecule has 0 saturated carbocycles. The van der Waals surface area contributed by atoms with Crippen molar-refractivity contribution < 1.29 is 13.6 Å². The van der Waals surface area contributed by atoms with E-state index < -0.39 is 11.8 Å². The fourth-order valence-electron chi connectivity index (χ4n) is 0.256. The zero-order chi connectivity index (χ0) is 7.98. The Balaban J connectivity index is 0.000000236. The molecule has 0 bridgehead atoms. The smallest absolute Gasteiger partial charge is 0.245 e. The molecule has 0 spiro atoms. The van der Waals surface area contributed by atoms with E-state index in [-0.39, 0.29) is 6.41 Å². The van der Waals surface area contributed by atoms with Crippen LogP contribution in [0.15, 0.2) is 6.20 Å². The predicted molar refractivity (Wildman–Crippen MR) is 28.8 cm³/mol. The van der Waals surface area contributed by atoms with Gasteiger partial charge in [-0.15, -0.1) is 0 Å². The third-order valence-corrected chi connectivity index (χ3v) is 0.550. The fourth-order valence-corrected chi connectivity index (χ4v) is 0.256. The summed E-state index contributed by atoms with van der Waals surface area (Å²) < 4.78 is 23.2. The van der Waals surface area contributed by atoms with E-state index in [0.717, 1.165) is 6.20 Å². The number of halogens is 2. The highest BCUT2D eigenvalue weighted by molar-refractivity contribution is 5.42. The van der Waals surface area contributed by atoms with E-state index in [0.29, 0.717) is 0 Å². The van der Waals surface area contributed by atoms with Crippen LogP contribution in [0.3, 0.4) is 0 Å². The molecule has 0 unspecified atom stereocenters. The maximum Gasteiger partial charge on any atom is 0.245 e. The van der Waals surface area contributed by atoms with Gasteiger partial charge in [-0.05, 0) is 0 Å². The molecule has 0 saturated heterocycles. The number of carbonyl (C=O) groups is 1. The van der Waals surface area contributed by atoms with Crippen molar-refractivity contribution in [2.24, 2.45) is 5.73 Å². The Labute approximate surface area is 55.0 Å². The molecular weight excluding hydrogens is 144 g/mol. The molecule has 4 nitrogen and oxygen atoms in total. The Kier molecular flexibility index (Phi) is 3.78. The van der Waals surface area contributed by atoms with Crippen LogP contribution < -0.4 is 5.73 Å². The van der Waals surface area contributed by atoms with Gasteiger partial charge in [-0.1, -0.05) is 0 Å². The maximum atomic E-state index is 11.6. The molecule has 1 heterocycles. The van der Waals surface area contributed by atoms with Crippen LogP contribution in [0.5, 0.6) is 0 Å². The monoisotopic (exact) mass is 149 g/mol. The number of hydrogen-bond acceptors (Lipinski definition) is 2. The second kappa shape index (κ2) is 4.42. The van der Waals surface area contributed by atoms with Crippen molar-refractivity contribution in [1.82, 2.24) is 10.2 Å². The van der Waals surface area contributed by atoms with Crippen LogP contribution >= 0.6 is 0 Å². The Hall–Kier alpha value is -1.46. The molecule has 1 amide bonds. The lowest BCUT2D eigenvalue weighted by atomic mass is 10.7. The van der Waals surface area contributed by atoms with Gasteiger partial charge in [0, 0.05) is 0 Å². The number of primary amides is 1. The molecule has 0 aliphatic carbocycles. The van der Waals surface area contributed by atoms with Gasteiger partial charge in [-0.3, -0.25) is 9.89 Å². The quantitative estimate of drug-likeness (QED) is 0.501. The van der Waals surface area contributed by atoms with E-state index in [1.54, 1.807) is 5.10 Å². The summed E-state index contributed by atoms with van der Waals surface area (Å²) in [5.74, 6) is -1.96. The van der Waals surface area contributed by atoms with Gasteiger partial charge in [0.05, 0.1) is 6.20 Å². The highest BCUT2D eigenvalue weighted by Gasteiger charge is 1.97. The first-order valence-electron chi connectivity index (χ1n) is 2.22. The van der Waals surface area contributed by atoms with Crippen LogP contribution in [0.1, 0.15) is 0 Å². The SMILES string of the molecule is Fc1cn[nH]c1F.NC=O. The van der Waals surface area contributed by atoms with E-state index in [1.165, 1.54) is 0 Å². The largest absolute Gasteiger partial charge is 0.372 e. The van der Waals surface area contributed by atoms with Gasteiger partial charge in [0.2, 0.25) is 12.4 Å². The van der Waals surface area contributed by atoms with Gasteiger partial charge in [0.1, 0.15) is 0 Å². The molecule has 10 heavy (non-hydrogen) atoms. The van der Waals surface area contributed by atoms with Crippen molar-refractivity contribution in [1.29, 1.82) is 0 Å². The number of H-pyrrole nitrogens is 1. The van der Waals surface area contributed by atoms with Crippen molar-refractivity contribution in [2.45, 2.75) is 0 Å². The van der Waals surface area contributed by atoms with E-state index >= 15 is 0 Å². The van der Waals surface area contributed by atoms with Crippen LogP contribution in [0, 0.1) is 11.8 Å². The summed E-state index contributed by atoms with van der Waals surface area (Å²) in [4.78, 5) is 8.58. The van der Waals surface area contributed by atoms with Crippen LogP contribution in [0.4, 0.5) is 8.78 Å². The molecule has 6 heteroatoms. The molecule has 56 valence electrons. The molecule has 0 fully saturated rings. The molecule has 0 atom stereocenters. The Morgan fingerprint density at radius 3 is 2.30 bits per heavy atom. The van der Waals surface area contributed by atoms with Crippen LogP contribution in [0.25, 0.3) is 0 Å². The summed E-state index contributed by atoms with van der Waals surface area (Å²) in [6.45, 7) is 0. The van der Waals surface area contributed by atoms with Crippen molar-refractivity contribution in [3.05, 3.63) is 18.0 Å². The molecule has 1 aromatic rings. The number of nitrogens with two attached hydrogens (primary N) is 1. The molecular formula is C4H5F2N3O. The lowest BCUT2D eigenvalue weighted by molar-refractivity contribution is -0.106. The molecule has 0 radical (unpaired) electrons. The Morgan fingerprint density at radius 2 is 2.20 bits per heavy atom. The van der Waals surface area contributed by atoms with E-state index in [9.17, 15) is 8.78 Å². The fraction of sp³-hybridized carbons (Fsp3) is 0. The zero-order valence-corrected chi connectivity index (χ0v) is 4.84. The molecule has 0 aliphatic rings. The standard InChI is InChI=1S/C3H2F2N2.CH3NO/c4-2-1-6-7-3(2)5;2-1-3/h1H,(H,6,7);1H,(H2,2,3). The third kappa shape index (κ3) is 2.75. The molecule has 1 aromatic heterocycles. The average Bonchev–Trinajstić information content (AvgIpc) is 2.19. The molecule has 3 N–H and O–H groups in total. The van der Waals surface area contributed by atoms with Gasteiger partial charge in [0.15, 0.2) is 5.82 Å². The highest BCUT2D eigenvalue weighted by atomic mass is 19.2. The third-order valence-electron chi connectivity index (χ3n) is 0.550. The number of aromatic nitrogens is 2. The van der Waals surface area contributed by atoms with Gasteiger partial charge < -0.3 is 5.73 Å². The minimum absolute atomic E-state index is 0.250. The number of nitrogens with zero attached hydrogens (tertiary/aromatic N) is 1. The van der Waals surface area contributed by atoms with Crippen LogP contribution in [0.2, 0.25) is 0 Å². The number of amides is 1. The second-order valence-electron chi connectivity index (χ2n) is 1.17. The summed E-state index contributed by atoms with van der Waals surface area (Å²) in [6, 6.07) is 0. The Bertz CT molecular complexity index is 184. The van der Waals surface area contributed by atoms with Crippen LogP contribution in [-0.2, 0) is 4.79 Å². The zero-order valence-electron chi connectivity index (χ0n) is 4.84. The van der Waals surface area contributed by atoms with Gasteiger partial charge >= 0.3 is 0 Å². The summed E-state index contributed by atoms with van der Waals surface area (Å²) in [5, 5.41) is 4.82. The van der Waals surface area contributed by atoms with Crippen molar-refractivity contribution >= 4 is 6.41 Å². The predicted octanol–water partition coefficient (Wildman–Crippen LogP) is -0.211. The second-order valence-corrected chi connectivity index (χ2v) is 1.17. The minimum Gasteiger partial charge on any atom is -0.372 e. The van der Waals surface area contributed by atoms with Gasteiger partial charge in [-0.25, -0.2) is 4.39 Å². The number of aromatic amines is 1. The van der Waals surface area contributed by atoms with E-state index in [1.807, 2.05) is 0 Å². The first kappa shape index (κ1) is 8.54. The van der Waals surface area contributed by atoms with Crippen molar-refractivity contribution in [2.75, 3.05) is 0 Å². The number of hydrogen-bond donors (Lipinski definition) is 2. The topological polar surface area (TPSA) is 71.8 Å². The van der Waals surface area contributed by atoms with E-state index in [4.69, 9.17) is 4.79 Å².